The molecule has 3 aliphatic rings. The molecule has 0 aromatic rings. The molecule has 20 heavy (non-hydrogen) atoms. The van der Waals surface area contributed by atoms with E-state index in [-0.39, 0.29) is 5.60 Å². The maximum Gasteiger partial charge on any atom is 0.0708 e. The Balaban J connectivity index is 1.37. The summed E-state index contributed by atoms with van der Waals surface area (Å²) in [5.74, 6) is 1.22. The van der Waals surface area contributed by atoms with Crippen LogP contribution in [0.25, 0.3) is 0 Å². The Kier molecular flexibility index (Phi) is 5.00. The van der Waals surface area contributed by atoms with Gasteiger partial charge in [0.1, 0.15) is 0 Å². The molecule has 1 heterocycles. The average molecular weight is 281 g/mol. The van der Waals surface area contributed by atoms with Gasteiger partial charge in [-0.3, -0.25) is 0 Å². The van der Waals surface area contributed by atoms with Gasteiger partial charge in [0.2, 0.25) is 0 Å². The molecule has 1 saturated heterocycles. The third kappa shape index (κ3) is 3.37. The Morgan fingerprint density at radius 2 is 1.70 bits per heavy atom. The highest BCUT2D eigenvalue weighted by Gasteiger charge is 2.40. The van der Waals surface area contributed by atoms with E-state index in [0.29, 0.717) is 24.5 Å². The van der Waals surface area contributed by atoms with E-state index in [1.54, 1.807) is 0 Å². The van der Waals surface area contributed by atoms with Gasteiger partial charge in [0, 0.05) is 13.2 Å². The van der Waals surface area contributed by atoms with Crippen molar-refractivity contribution in [1.29, 1.82) is 0 Å². The van der Waals surface area contributed by atoms with E-state index in [1.807, 2.05) is 0 Å². The highest BCUT2D eigenvalue weighted by molar-refractivity contribution is 4.92. The van der Waals surface area contributed by atoms with Crippen LogP contribution in [-0.4, -0.2) is 36.5 Å². The maximum absolute atomic E-state index is 9.36. The molecular weight excluding hydrogens is 250 g/mol. The SMILES string of the molecule is OCC1CCCC1CNCC1CCC2(CCCCC2)O1. The minimum Gasteiger partial charge on any atom is -0.396 e. The lowest BCUT2D eigenvalue weighted by Gasteiger charge is -2.33. The summed E-state index contributed by atoms with van der Waals surface area (Å²) < 4.78 is 6.40. The smallest absolute Gasteiger partial charge is 0.0708 e. The molecule has 3 rings (SSSR count). The molecule has 3 unspecified atom stereocenters. The van der Waals surface area contributed by atoms with Crippen molar-refractivity contribution in [3.8, 4) is 0 Å². The zero-order chi connectivity index (χ0) is 13.8. The fourth-order valence-electron chi connectivity index (χ4n) is 4.66. The van der Waals surface area contributed by atoms with Crippen LogP contribution in [0, 0.1) is 11.8 Å². The van der Waals surface area contributed by atoms with Crippen molar-refractivity contribution in [3.05, 3.63) is 0 Å². The molecule has 2 N–H and O–H groups in total. The van der Waals surface area contributed by atoms with Crippen LogP contribution in [0.1, 0.15) is 64.2 Å². The van der Waals surface area contributed by atoms with Crippen molar-refractivity contribution < 1.29 is 9.84 Å². The fraction of sp³-hybridized carbons (Fsp3) is 1.00. The fourth-order valence-corrected chi connectivity index (χ4v) is 4.66. The summed E-state index contributed by atoms with van der Waals surface area (Å²) in [7, 11) is 0. The maximum atomic E-state index is 9.36. The number of hydrogen-bond donors (Lipinski definition) is 2. The van der Waals surface area contributed by atoms with Crippen LogP contribution in [0.3, 0.4) is 0 Å². The molecule has 0 aromatic heterocycles. The number of aliphatic hydroxyl groups excluding tert-OH is 1. The summed E-state index contributed by atoms with van der Waals surface area (Å²) in [5, 5.41) is 13.0. The molecule has 1 aliphatic heterocycles. The van der Waals surface area contributed by atoms with Crippen molar-refractivity contribution in [2.24, 2.45) is 11.8 Å². The van der Waals surface area contributed by atoms with E-state index in [4.69, 9.17) is 4.74 Å². The van der Waals surface area contributed by atoms with E-state index in [2.05, 4.69) is 5.32 Å². The number of nitrogens with one attached hydrogen (secondary N) is 1. The molecule has 116 valence electrons. The molecule has 3 atom stereocenters. The van der Waals surface area contributed by atoms with Crippen molar-refractivity contribution in [1.82, 2.24) is 5.32 Å². The number of ether oxygens (including phenoxy) is 1. The summed E-state index contributed by atoms with van der Waals surface area (Å²) >= 11 is 0. The molecule has 3 nitrogen and oxygen atoms in total. The zero-order valence-corrected chi connectivity index (χ0v) is 12.8. The summed E-state index contributed by atoms with van der Waals surface area (Å²) in [6.07, 6.45) is 13.4. The first-order chi connectivity index (χ1) is 9.81. The van der Waals surface area contributed by atoms with E-state index in [9.17, 15) is 5.11 Å². The van der Waals surface area contributed by atoms with Crippen LogP contribution in [0.15, 0.2) is 0 Å². The Bertz CT molecular complexity index is 301. The lowest BCUT2D eigenvalue weighted by atomic mass is 9.83. The highest BCUT2D eigenvalue weighted by Crippen LogP contribution is 2.41. The highest BCUT2D eigenvalue weighted by atomic mass is 16.5. The van der Waals surface area contributed by atoms with Crippen LogP contribution in [0.5, 0.6) is 0 Å². The molecule has 0 aromatic carbocycles. The van der Waals surface area contributed by atoms with Gasteiger partial charge in [-0.25, -0.2) is 0 Å². The third-order valence-corrected chi connectivity index (χ3v) is 5.93. The zero-order valence-electron chi connectivity index (χ0n) is 12.8. The predicted molar refractivity (Wildman–Crippen MR) is 80.7 cm³/mol. The van der Waals surface area contributed by atoms with Crippen LogP contribution in [0.4, 0.5) is 0 Å². The summed E-state index contributed by atoms with van der Waals surface area (Å²) in [6.45, 7) is 2.45. The lowest BCUT2D eigenvalue weighted by Crippen LogP contribution is -2.36. The topological polar surface area (TPSA) is 41.5 Å². The van der Waals surface area contributed by atoms with Gasteiger partial charge in [-0.05, 0) is 56.9 Å². The van der Waals surface area contributed by atoms with Crippen LogP contribution < -0.4 is 5.32 Å². The van der Waals surface area contributed by atoms with Gasteiger partial charge in [0.25, 0.3) is 0 Å². The van der Waals surface area contributed by atoms with E-state index < -0.39 is 0 Å². The van der Waals surface area contributed by atoms with Gasteiger partial charge < -0.3 is 15.2 Å². The quantitative estimate of drug-likeness (QED) is 0.814. The molecule has 2 saturated carbocycles. The lowest BCUT2D eigenvalue weighted by molar-refractivity contribution is -0.0625. The van der Waals surface area contributed by atoms with E-state index in [1.165, 1.54) is 64.2 Å². The number of rotatable bonds is 5. The second-order valence-electron chi connectivity index (χ2n) is 7.31. The van der Waals surface area contributed by atoms with Crippen molar-refractivity contribution >= 4 is 0 Å². The number of aliphatic hydroxyl groups is 1. The second kappa shape index (κ2) is 6.76. The minimum absolute atomic E-state index is 0.256. The third-order valence-electron chi connectivity index (χ3n) is 5.93. The monoisotopic (exact) mass is 281 g/mol. The van der Waals surface area contributed by atoms with Crippen molar-refractivity contribution in [3.63, 3.8) is 0 Å². The molecule has 1 spiro atoms. The first-order valence-electron chi connectivity index (χ1n) is 8.81. The minimum atomic E-state index is 0.256. The van der Waals surface area contributed by atoms with Crippen LogP contribution in [-0.2, 0) is 4.74 Å². The molecule has 0 bridgehead atoms. The van der Waals surface area contributed by atoms with Gasteiger partial charge in [-0.15, -0.1) is 0 Å². The first-order valence-corrected chi connectivity index (χ1v) is 8.81. The summed E-state index contributed by atoms with van der Waals surface area (Å²) in [4.78, 5) is 0. The van der Waals surface area contributed by atoms with E-state index in [0.717, 1.165) is 13.1 Å². The Hall–Kier alpha value is -0.120. The normalized spacial score (nSPS) is 36.8. The largest absolute Gasteiger partial charge is 0.396 e. The van der Waals surface area contributed by atoms with Gasteiger partial charge >= 0.3 is 0 Å². The Morgan fingerprint density at radius 3 is 2.50 bits per heavy atom. The predicted octanol–water partition coefficient (Wildman–Crippen LogP) is 2.87. The van der Waals surface area contributed by atoms with Crippen LogP contribution in [0.2, 0.25) is 0 Å². The molecule has 0 radical (unpaired) electrons. The molecule has 0 amide bonds. The first kappa shape index (κ1) is 14.8. The average Bonchev–Trinajstić information content (AvgIpc) is 3.07. The summed E-state index contributed by atoms with van der Waals surface area (Å²) in [6, 6.07) is 0. The van der Waals surface area contributed by atoms with Gasteiger partial charge in [0.15, 0.2) is 0 Å². The second-order valence-corrected chi connectivity index (χ2v) is 7.31. The Labute approximate surface area is 123 Å². The van der Waals surface area contributed by atoms with Gasteiger partial charge in [0.05, 0.1) is 11.7 Å². The van der Waals surface area contributed by atoms with Gasteiger partial charge in [-0.2, -0.15) is 0 Å². The van der Waals surface area contributed by atoms with Crippen LogP contribution >= 0.6 is 0 Å². The van der Waals surface area contributed by atoms with E-state index >= 15 is 0 Å². The molecule has 2 aliphatic carbocycles. The molecule has 3 heteroatoms. The Morgan fingerprint density at radius 1 is 0.900 bits per heavy atom. The van der Waals surface area contributed by atoms with Gasteiger partial charge in [-0.1, -0.05) is 25.7 Å². The standard InChI is InChI=1S/C17H31NO2/c19-13-15-6-4-5-14(15)11-18-12-16-7-10-17(20-16)8-2-1-3-9-17/h14-16,18-19H,1-13H2. The molecule has 3 fully saturated rings. The van der Waals surface area contributed by atoms with Crippen molar-refractivity contribution in [2.45, 2.75) is 75.9 Å². The number of hydrogen-bond acceptors (Lipinski definition) is 3. The summed E-state index contributed by atoms with van der Waals surface area (Å²) in [5.41, 5.74) is 0.256. The van der Waals surface area contributed by atoms with Crippen molar-refractivity contribution in [2.75, 3.05) is 19.7 Å². The molecular formula is C17H31NO2.